The summed E-state index contributed by atoms with van der Waals surface area (Å²) in [5.41, 5.74) is -0.274. The van der Waals surface area contributed by atoms with Crippen LogP contribution >= 0.6 is 15.9 Å². The van der Waals surface area contributed by atoms with Crippen LogP contribution in [0, 0.1) is 0 Å². The summed E-state index contributed by atoms with van der Waals surface area (Å²) in [4.78, 5) is 38.8. The van der Waals surface area contributed by atoms with Gasteiger partial charge in [-0.2, -0.15) is 0 Å². The topological polar surface area (TPSA) is 87.7 Å². The summed E-state index contributed by atoms with van der Waals surface area (Å²) >= 11 is 3.38. The molecule has 31 heavy (non-hydrogen) atoms. The zero-order valence-electron chi connectivity index (χ0n) is 17.0. The highest BCUT2D eigenvalue weighted by molar-refractivity contribution is 9.10. The van der Waals surface area contributed by atoms with E-state index in [0.717, 1.165) is 35.1 Å². The third-order valence-corrected chi connectivity index (χ3v) is 6.22. The largest absolute Gasteiger partial charge is 0.457 e. The first-order valence-electron chi connectivity index (χ1n) is 10.4. The van der Waals surface area contributed by atoms with E-state index >= 15 is 0 Å². The monoisotopic (exact) mass is 485 g/mol. The van der Waals surface area contributed by atoms with Crippen molar-refractivity contribution < 1.29 is 19.1 Å². The number of urea groups is 1. The van der Waals surface area contributed by atoms with Crippen LogP contribution in [0.2, 0.25) is 0 Å². The van der Waals surface area contributed by atoms with Crippen molar-refractivity contribution in [3.63, 3.8) is 0 Å². The number of nitrogens with zero attached hydrogens (tertiary/aromatic N) is 1. The third-order valence-electron chi connectivity index (χ3n) is 5.69. The maximum Gasteiger partial charge on any atom is 0.325 e. The average molecular weight is 486 g/mol. The van der Waals surface area contributed by atoms with Crippen molar-refractivity contribution in [2.45, 2.75) is 44.1 Å². The SMILES string of the molecule is O=C(CN1C(=O)NC2(CCCCCC2)C1=O)Nc1ccc(Oc2ccc(Br)cc2)cc1. The number of halogens is 1. The van der Waals surface area contributed by atoms with E-state index in [2.05, 4.69) is 26.6 Å². The van der Waals surface area contributed by atoms with Crippen LogP contribution in [0.4, 0.5) is 10.5 Å². The standard InChI is InChI=1S/C23H24BrN3O4/c24-16-5-9-18(10-6-16)31-19-11-7-17(8-12-19)25-20(28)15-27-21(29)23(26-22(27)30)13-3-1-2-4-14-23/h5-12H,1-4,13-15H2,(H,25,28)(H,26,30). The van der Waals surface area contributed by atoms with Gasteiger partial charge in [0.25, 0.3) is 5.91 Å². The normalized spacial score (nSPS) is 17.9. The Hall–Kier alpha value is -2.87. The summed E-state index contributed by atoms with van der Waals surface area (Å²) in [5, 5.41) is 5.59. The van der Waals surface area contributed by atoms with Crippen molar-refractivity contribution in [3.8, 4) is 11.5 Å². The molecule has 2 aromatic rings. The van der Waals surface area contributed by atoms with E-state index in [0.29, 0.717) is 30.0 Å². The molecule has 1 heterocycles. The Labute approximate surface area is 189 Å². The van der Waals surface area contributed by atoms with E-state index in [1.165, 1.54) is 0 Å². The fraction of sp³-hybridized carbons (Fsp3) is 0.348. The van der Waals surface area contributed by atoms with Crippen molar-refractivity contribution in [2.75, 3.05) is 11.9 Å². The zero-order chi connectivity index (χ0) is 21.8. The molecule has 2 N–H and O–H groups in total. The van der Waals surface area contributed by atoms with Crippen molar-refractivity contribution in [2.24, 2.45) is 0 Å². The lowest BCUT2D eigenvalue weighted by molar-refractivity contribution is -0.134. The van der Waals surface area contributed by atoms with Gasteiger partial charge < -0.3 is 15.4 Å². The van der Waals surface area contributed by atoms with Gasteiger partial charge in [-0.05, 0) is 61.4 Å². The minimum absolute atomic E-state index is 0.284. The van der Waals surface area contributed by atoms with Gasteiger partial charge in [0.15, 0.2) is 0 Å². The quantitative estimate of drug-likeness (QED) is 0.593. The molecule has 0 bridgehead atoms. The van der Waals surface area contributed by atoms with Gasteiger partial charge in [-0.15, -0.1) is 0 Å². The Kier molecular flexibility index (Phi) is 6.27. The molecule has 7 nitrogen and oxygen atoms in total. The van der Waals surface area contributed by atoms with Crippen molar-refractivity contribution in [1.29, 1.82) is 0 Å². The molecule has 1 spiro atoms. The Morgan fingerprint density at radius 2 is 1.55 bits per heavy atom. The number of nitrogens with one attached hydrogen (secondary N) is 2. The van der Waals surface area contributed by atoms with Gasteiger partial charge in [0.05, 0.1) is 0 Å². The number of rotatable bonds is 5. The molecular formula is C23H24BrN3O4. The number of amides is 4. The highest BCUT2D eigenvalue weighted by Crippen LogP contribution is 2.32. The molecule has 0 atom stereocenters. The molecule has 1 saturated heterocycles. The predicted molar refractivity (Wildman–Crippen MR) is 120 cm³/mol. The fourth-order valence-electron chi connectivity index (χ4n) is 4.08. The maximum atomic E-state index is 12.9. The Balaban J connectivity index is 1.34. The van der Waals surface area contributed by atoms with Gasteiger partial charge in [-0.3, -0.25) is 14.5 Å². The number of carbonyl (C=O) groups is 3. The van der Waals surface area contributed by atoms with Gasteiger partial charge >= 0.3 is 6.03 Å². The Morgan fingerprint density at radius 1 is 0.968 bits per heavy atom. The van der Waals surface area contributed by atoms with Crippen LogP contribution in [0.1, 0.15) is 38.5 Å². The van der Waals surface area contributed by atoms with Gasteiger partial charge in [0, 0.05) is 10.2 Å². The van der Waals surface area contributed by atoms with Crippen molar-refractivity contribution in [3.05, 3.63) is 53.0 Å². The van der Waals surface area contributed by atoms with Gasteiger partial charge in [-0.1, -0.05) is 41.6 Å². The fourth-order valence-corrected chi connectivity index (χ4v) is 4.34. The first-order chi connectivity index (χ1) is 14.9. The second-order valence-electron chi connectivity index (χ2n) is 7.95. The van der Waals surface area contributed by atoms with Crippen LogP contribution in [0.15, 0.2) is 53.0 Å². The number of benzene rings is 2. The number of carbonyl (C=O) groups excluding carboxylic acids is 3. The van der Waals surface area contributed by atoms with Gasteiger partial charge in [0.2, 0.25) is 5.91 Å². The lowest BCUT2D eigenvalue weighted by atomic mass is 9.90. The Morgan fingerprint density at radius 3 is 2.16 bits per heavy atom. The van der Waals surface area contributed by atoms with Crippen LogP contribution in [0.3, 0.4) is 0 Å². The molecule has 2 aliphatic rings. The highest BCUT2D eigenvalue weighted by atomic mass is 79.9. The molecule has 4 rings (SSSR count). The predicted octanol–water partition coefficient (Wildman–Crippen LogP) is 4.82. The molecule has 1 aliphatic heterocycles. The summed E-state index contributed by atoms with van der Waals surface area (Å²) in [6, 6.07) is 13.9. The molecule has 2 aromatic carbocycles. The van der Waals surface area contributed by atoms with E-state index in [1.807, 2.05) is 24.3 Å². The second kappa shape index (κ2) is 9.09. The second-order valence-corrected chi connectivity index (χ2v) is 8.86. The van der Waals surface area contributed by atoms with Crippen LogP contribution in [-0.4, -0.2) is 34.8 Å². The molecule has 1 saturated carbocycles. The van der Waals surface area contributed by atoms with Crippen LogP contribution in [0.5, 0.6) is 11.5 Å². The zero-order valence-corrected chi connectivity index (χ0v) is 18.6. The number of hydrogen-bond acceptors (Lipinski definition) is 4. The van der Waals surface area contributed by atoms with E-state index in [4.69, 9.17) is 4.74 Å². The molecule has 8 heteroatoms. The minimum atomic E-state index is -0.833. The lowest BCUT2D eigenvalue weighted by Gasteiger charge is -2.24. The maximum absolute atomic E-state index is 12.9. The third kappa shape index (κ3) is 4.90. The van der Waals surface area contributed by atoms with Gasteiger partial charge in [0.1, 0.15) is 23.6 Å². The molecule has 162 valence electrons. The summed E-state index contributed by atoms with van der Waals surface area (Å²) in [7, 11) is 0. The molecular weight excluding hydrogens is 462 g/mol. The molecule has 0 unspecified atom stereocenters. The first kappa shape index (κ1) is 21.4. The number of imide groups is 1. The van der Waals surface area contributed by atoms with Crippen LogP contribution in [0.25, 0.3) is 0 Å². The van der Waals surface area contributed by atoms with E-state index in [9.17, 15) is 14.4 Å². The lowest BCUT2D eigenvalue weighted by Crippen LogP contribution is -2.47. The number of anilines is 1. The van der Waals surface area contributed by atoms with E-state index in [-0.39, 0.29) is 12.5 Å². The molecule has 0 radical (unpaired) electrons. The minimum Gasteiger partial charge on any atom is -0.457 e. The van der Waals surface area contributed by atoms with Crippen molar-refractivity contribution in [1.82, 2.24) is 10.2 Å². The number of ether oxygens (including phenoxy) is 1. The summed E-state index contributed by atoms with van der Waals surface area (Å²) in [5.74, 6) is 0.624. The molecule has 2 fully saturated rings. The van der Waals surface area contributed by atoms with Crippen LogP contribution in [-0.2, 0) is 9.59 Å². The summed E-state index contributed by atoms with van der Waals surface area (Å²) in [6.45, 7) is -0.302. The molecule has 0 aromatic heterocycles. The first-order valence-corrected chi connectivity index (χ1v) is 11.2. The van der Waals surface area contributed by atoms with Crippen LogP contribution < -0.4 is 15.4 Å². The highest BCUT2D eigenvalue weighted by Gasteiger charge is 2.51. The number of hydrogen-bond donors (Lipinski definition) is 2. The summed E-state index contributed by atoms with van der Waals surface area (Å²) < 4.78 is 6.73. The average Bonchev–Trinajstić information content (AvgIpc) is 2.91. The molecule has 1 aliphatic carbocycles. The Bertz CT molecular complexity index is 967. The smallest absolute Gasteiger partial charge is 0.325 e. The summed E-state index contributed by atoms with van der Waals surface area (Å²) in [6.07, 6.45) is 5.20. The van der Waals surface area contributed by atoms with Crippen molar-refractivity contribution >= 4 is 39.5 Å². The van der Waals surface area contributed by atoms with Gasteiger partial charge in [-0.25, -0.2) is 4.79 Å². The molecule has 4 amide bonds. The van der Waals surface area contributed by atoms with E-state index in [1.54, 1.807) is 24.3 Å². The van der Waals surface area contributed by atoms with E-state index < -0.39 is 17.5 Å².